The molecule has 0 rings (SSSR count). The summed E-state index contributed by atoms with van der Waals surface area (Å²) >= 11 is 10.4. The Balaban J connectivity index is -0.000000301. The van der Waals surface area contributed by atoms with Crippen LogP contribution in [-0.2, 0) is 39.3 Å². The molecule has 0 bridgehead atoms. The third kappa shape index (κ3) is 15.6. The summed E-state index contributed by atoms with van der Waals surface area (Å²) in [6, 6.07) is 0. The summed E-state index contributed by atoms with van der Waals surface area (Å²) in [5.74, 6) is 0. The van der Waals surface area contributed by atoms with Gasteiger partial charge in [-0.1, -0.05) is 25.8 Å². The van der Waals surface area contributed by atoms with Crippen LogP contribution in [0, 0.1) is 0 Å². The summed E-state index contributed by atoms with van der Waals surface area (Å²) in [5, 5.41) is 0. The van der Waals surface area contributed by atoms with Crippen molar-refractivity contribution in [3.8, 4) is 0 Å². The Hall–Kier alpha value is -0.153. The topological polar surface area (TPSA) is 137 Å². The summed E-state index contributed by atoms with van der Waals surface area (Å²) in [5.41, 5.74) is -24.4. The molecule has 0 saturated carbocycles. The fourth-order valence-corrected chi connectivity index (χ4v) is 8.90. The molecule has 0 amide bonds. The van der Waals surface area contributed by atoms with E-state index in [4.69, 9.17) is 30.2 Å². The molecular weight excluding hydrogens is 805 g/mol. The van der Waals surface area contributed by atoms with Crippen LogP contribution in [-0.4, -0.2) is 87.0 Å². The van der Waals surface area contributed by atoms with Gasteiger partial charge in [0.2, 0.25) is 7.42 Å². The molecule has 0 unspecified atom stereocenters. The first-order valence-corrected chi connectivity index (χ1v) is 22.0. The van der Waals surface area contributed by atoms with Gasteiger partial charge in [-0.25, -0.2) is 33.7 Å². The number of hydrogen-bond acceptors (Lipinski definition) is 8. The SMILES string of the molecule is C=CCC(S(=O)(=O)C(F)(F)F)S(=O)(=O)C(F)(F)F.CCCCC(S(=O)(=O)C(F)(F)F)S(=O)(=O)C(F)(F)F.C[SiH](Cl)Cl.[3H]B=S=[B]. The van der Waals surface area contributed by atoms with Crippen molar-refractivity contribution >= 4 is 92.9 Å². The number of unbranched alkanes of at least 4 members (excludes halogenated alkanes) is 1. The van der Waals surface area contributed by atoms with Crippen molar-refractivity contribution < 1.29 is 86.4 Å². The average molecular weight is 828 g/mol. The zero-order valence-corrected chi connectivity index (χ0v) is 28.3. The molecule has 1 radical (unpaired) electrons. The summed E-state index contributed by atoms with van der Waals surface area (Å²) in [7, 11) is -26.3. The van der Waals surface area contributed by atoms with Crippen LogP contribution in [0.4, 0.5) is 52.7 Å². The zero-order chi connectivity index (χ0) is 37.7. The van der Waals surface area contributed by atoms with Crippen LogP contribution in [0.25, 0.3) is 0 Å². The fraction of sp³-hybridized carbons (Fsp3) is 0.857. The number of sulfone groups is 4. The summed E-state index contributed by atoms with van der Waals surface area (Å²) in [6.45, 7) is 11.7. The molecule has 0 aromatic rings. The van der Waals surface area contributed by atoms with E-state index in [2.05, 4.69) is 6.58 Å². The van der Waals surface area contributed by atoms with Gasteiger partial charge in [0.15, 0.2) is 9.16 Å². The second-order valence-corrected chi connectivity index (χ2v) is 22.1. The van der Waals surface area contributed by atoms with E-state index < -0.39 is 97.2 Å². The molecule has 0 aliphatic heterocycles. The second-order valence-electron chi connectivity index (χ2n) is 7.14. The average Bonchev–Trinajstić information content (AvgIpc) is 2.79. The molecule has 8 nitrogen and oxygen atoms in total. The van der Waals surface area contributed by atoms with Crippen LogP contribution in [0.15, 0.2) is 12.7 Å². The molecule has 0 aliphatic rings. The van der Waals surface area contributed by atoms with Crippen LogP contribution < -0.4 is 0 Å². The number of hydrogen-bond donors (Lipinski definition) is 0. The van der Waals surface area contributed by atoms with Gasteiger partial charge in [-0.05, 0) is 19.4 Å². The number of halogens is 14. The first-order chi connectivity index (χ1) is 19.5. The van der Waals surface area contributed by atoms with Gasteiger partial charge in [-0.3, -0.25) is 0 Å². The van der Waals surface area contributed by atoms with Crippen molar-refractivity contribution in [1.29, 1.82) is 1.34 Å². The van der Waals surface area contributed by atoms with Crippen LogP contribution >= 0.6 is 32.8 Å². The third-order valence-electron chi connectivity index (χ3n) is 3.83. The van der Waals surface area contributed by atoms with Gasteiger partial charge >= 0.3 is 47.4 Å². The quantitative estimate of drug-likeness (QED) is 0.136. The van der Waals surface area contributed by atoms with Crippen molar-refractivity contribution in [3.05, 3.63) is 12.7 Å². The van der Waals surface area contributed by atoms with Crippen molar-refractivity contribution in [3.63, 3.8) is 0 Å². The van der Waals surface area contributed by atoms with Crippen molar-refractivity contribution in [2.75, 3.05) is 0 Å². The van der Waals surface area contributed by atoms with Gasteiger partial charge in [-0.15, -0.1) is 6.58 Å². The Morgan fingerprint density at radius 3 is 1.16 bits per heavy atom. The van der Waals surface area contributed by atoms with Crippen molar-refractivity contribution in [1.82, 2.24) is 0 Å². The van der Waals surface area contributed by atoms with E-state index in [1.54, 1.807) is 0 Å². The Bertz CT molecular complexity index is 1320. The van der Waals surface area contributed by atoms with Gasteiger partial charge in [0, 0.05) is 0 Å². The number of allylic oxidation sites excluding steroid dienone is 1. The maximum absolute atomic E-state index is 12.2. The molecule has 0 fully saturated rings. The van der Waals surface area contributed by atoms with Gasteiger partial charge in [0.25, 0.3) is 39.3 Å². The van der Waals surface area contributed by atoms with Gasteiger partial charge in [-0.2, -0.15) is 74.8 Å². The van der Waals surface area contributed by atoms with Crippen LogP contribution in [0.1, 0.15) is 32.6 Å². The van der Waals surface area contributed by atoms with Gasteiger partial charge in [0.05, 0.1) is 0 Å². The minimum atomic E-state index is -6.52. The molecule has 0 N–H and O–H groups in total. The molecule has 44 heavy (non-hydrogen) atoms. The summed E-state index contributed by atoms with van der Waals surface area (Å²) in [6.07, 6.45) is -2.81. The zero-order valence-electron chi connectivity index (χ0n) is 22.6. The molecular formula is C14H21B2Cl2F12O8S5Si. The summed E-state index contributed by atoms with van der Waals surface area (Å²) < 4.78 is 232. The molecule has 30 heteroatoms. The molecule has 0 atom stereocenters. The molecule has 0 heterocycles. The maximum atomic E-state index is 12.2. The first kappa shape index (κ1) is 48.2. The van der Waals surface area contributed by atoms with Gasteiger partial charge < -0.3 is 0 Å². The molecule has 0 aromatic heterocycles. The fourth-order valence-electron chi connectivity index (χ4n) is 2.00. The monoisotopic (exact) mass is 827 g/mol. The molecule has 263 valence electrons. The Labute approximate surface area is 262 Å². The van der Waals surface area contributed by atoms with Crippen LogP contribution in [0.5, 0.6) is 0 Å². The van der Waals surface area contributed by atoms with E-state index in [0.29, 0.717) is 6.08 Å². The van der Waals surface area contributed by atoms with E-state index in [-0.39, 0.29) is 6.42 Å². The minimum absolute atomic E-state index is 0.0389. The number of rotatable bonds is 9. The third-order valence-corrected chi connectivity index (χ3v) is 13.1. The van der Waals surface area contributed by atoms with Crippen molar-refractivity contribution in [2.45, 2.75) is 70.4 Å². The summed E-state index contributed by atoms with van der Waals surface area (Å²) in [4.78, 5) is 0. The molecule has 0 aromatic carbocycles. The first-order valence-electron chi connectivity index (χ1n) is 10.8. The van der Waals surface area contributed by atoms with E-state index in [0.717, 1.165) is 17.3 Å². The number of alkyl halides is 12. The predicted molar refractivity (Wildman–Crippen MR) is 147 cm³/mol. The van der Waals surface area contributed by atoms with Crippen LogP contribution in [0.2, 0.25) is 6.55 Å². The molecule has 0 saturated heterocycles. The van der Waals surface area contributed by atoms with Crippen LogP contribution in [0.3, 0.4) is 0 Å². The predicted octanol–water partition coefficient (Wildman–Crippen LogP) is 5.06. The molecule has 0 aliphatic carbocycles. The van der Waals surface area contributed by atoms with Crippen molar-refractivity contribution in [2.24, 2.45) is 0 Å². The Kier molecular flexibility index (Phi) is 20.8. The molecule has 0 spiro atoms. The van der Waals surface area contributed by atoms with E-state index in [1.807, 2.05) is 6.55 Å². The Morgan fingerprint density at radius 1 is 0.773 bits per heavy atom. The normalized spacial score (nSPS) is 13.7. The second kappa shape index (κ2) is 19.0. The van der Waals surface area contributed by atoms with E-state index in [9.17, 15) is 86.4 Å². The van der Waals surface area contributed by atoms with Gasteiger partial charge in [0.1, 0.15) is 0 Å². The van der Waals surface area contributed by atoms with E-state index in [1.165, 1.54) is 6.92 Å². The van der Waals surface area contributed by atoms with E-state index >= 15 is 0 Å². The standard InChI is InChI=1S/C7H10F6O4S2.C6H6F6O4S2.CH4Cl2Si.B2HS/c1-2-3-4-5(18(14,15)6(8,9)10)19(16,17)7(11,12)13;1-2-3-4(17(13,14)5(7,8)9)18(15,16)6(10,11)12;1-4(2)3;1-3-2/h5H,2-4H2,1H3;2,4H,1,3H2;4H,1H3;1H/i;;;1T. The Morgan fingerprint density at radius 2 is 1.00 bits per heavy atom.